The summed E-state index contributed by atoms with van der Waals surface area (Å²) >= 11 is 0. The minimum absolute atomic E-state index is 0.0198. The number of ether oxygens (including phenoxy) is 1. The van der Waals surface area contributed by atoms with E-state index in [0.717, 1.165) is 4.57 Å². The third-order valence-corrected chi connectivity index (χ3v) is 2.95. The van der Waals surface area contributed by atoms with Crippen LogP contribution in [0.4, 0.5) is 14.6 Å². The third kappa shape index (κ3) is 2.44. The Morgan fingerprint density at radius 3 is 2.79 bits per heavy atom. The van der Waals surface area contributed by atoms with Gasteiger partial charge in [-0.3, -0.25) is 4.57 Å². The maximum Gasteiger partial charge on any atom is 0.349 e. The van der Waals surface area contributed by atoms with Gasteiger partial charge in [-0.25, -0.2) is 13.6 Å². The highest BCUT2D eigenvalue weighted by atomic mass is 19.3. The van der Waals surface area contributed by atoms with E-state index >= 15 is 0 Å². The van der Waals surface area contributed by atoms with E-state index in [1.807, 2.05) is 0 Å². The Kier molecular flexibility index (Phi) is 3.52. The van der Waals surface area contributed by atoms with Gasteiger partial charge in [-0.1, -0.05) is 0 Å². The van der Waals surface area contributed by atoms with Crippen LogP contribution in [0.1, 0.15) is 0 Å². The van der Waals surface area contributed by atoms with Gasteiger partial charge in [-0.05, 0) is 6.07 Å². The first kappa shape index (κ1) is 13.8. The number of hydrogen-bond acceptors (Lipinski definition) is 6. The van der Waals surface area contributed by atoms with Crippen molar-refractivity contribution in [1.29, 1.82) is 0 Å². The van der Waals surface area contributed by atoms with Crippen LogP contribution >= 0.6 is 0 Å². The average Bonchev–Trinajstić information content (AvgIpc) is 2.56. The fourth-order valence-corrected chi connectivity index (χ4v) is 1.88. The largest absolute Gasteiger partial charge is 0.394 e. The number of anilines is 1. The van der Waals surface area contributed by atoms with Crippen LogP contribution in [0.25, 0.3) is 0 Å². The Balaban J connectivity index is 2.21. The van der Waals surface area contributed by atoms with Crippen LogP contribution in [0.5, 0.6) is 0 Å². The van der Waals surface area contributed by atoms with Gasteiger partial charge in [0.05, 0.1) is 13.2 Å². The Morgan fingerprint density at radius 2 is 2.26 bits per heavy atom. The van der Waals surface area contributed by atoms with Crippen LogP contribution < -0.4 is 11.4 Å². The van der Waals surface area contributed by atoms with E-state index in [2.05, 4.69) is 4.98 Å². The number of alkyl halides is 2. The van der Waals surface area contributed by atoms with Gasteiger partial charge in [0.2, 0.25) is 0 Å². The fourth-order valence-electron chi connectivity index (χ4n) is 1.88. The van der Waals surface area contributed by atoms with Gasteiger partial charge >= 0.3 is 11.6 Å². The van der Waals surface area contributed by atoms with Crippen molar-refractivity contribution in [3.05, 3.63) is 22.7 Å². The number of halogens is 2. The van der Waals surface area contributed by atoms with E-state index in [9.17, 15) is 18.7 Å². The first-order valence-corrected chi connectivity index (χ1v) is 5.51. The summed E-state index contributed by atoms with van der Waals surface area (Å²) in [5, 5.41) is 18.1. The molecule has 106 valence electrons. The van der Waals surface area contributed by atoms with E-state index < -0.39 is 43.1 Å². The van der Waals surface area contributed by atoms with Crippen LogP contribution in [-0.4, -0.2) is 50.6 Å². The lowest BCUT2D eigenvalue weighted by molar-refractivity contribution is -0.115. The number of nitrogens with two attached hydrogens (primary N) is 1. The Bertz CT molecular complexity index is 522. The molecule has 1 aromatic rings. The lowest BCUT2D eigenvalue weighted by Gasteiger charge is -2.20. The smallest absolute Gasteiger partial charge is 0.349 e. The van der Waals surface area contributed by atoms with Crippen LogP contribution in [-0.2, 0) is 11.3 Å². The van der Waals surface area contributed by atoms with Crippen molar-refractivity contribution < 1.29 is 23.7 Å². The zero-order chi connectivity index (χ0) is 14.2. The molecule has 0 radical (unpaired) electrons. The van der Waals surface area contributed by atoms with E-state index in [-0.39, 0.29) is 5.82 Å². The van der Waals surface area contributed by atoms with Crippen molar-refractivity contribution in [2.75, 3.05) is 12.3 Å². The predicted molar refractivity (Wildman–Crippen MR) is 59.6 cm³/mol. The second-order valence-electron chi connectivity index (χ2n) is 4.25. The normalized spacial score (nSPS) is 29.6. The first-order valence-electron chi connectivity index (χ1n) is 5.51. The summed E-state index contributed by atoms with van der Waals surface area (Å²) in [6.07, 6.45) is -4.00. The minimum Gasteiger partial charge on any atom is -0.394 e. The molecule has 0 aromatic carbocycles. The lowest BCUT2D eigenvalue weighted by Crippen LogP contribution is -2.43. The quantitative estimate of drug-likeness (QED) is 0.625. The van der Waals surface area contributed by atoms with Gasteiger partial charge in [-0.2, -0.15) is 4.98 Å². The maximum atomic E-state index is 13.7. The fraction of sp³-hybridized carbons (Fsp3) is 0.600. The number of nitrogen functional groups attached to an aromatic ring is 1. The van der Waals surface area contributed by atoms with Crippen LogP contribution in [0.2, 0.25) is 0 Å². The highest BCUT2D eigenvalue weighted by Gasteiger charge is 2.58. The molecule has 1 fully saturated rings. The number of aliphatic hydroxyl groups is 2. The van der Waals surface area contributed by atoms with Crippen LogP contribution in [0.15, 0.2) is 17.1 Å². The molecule has 4 N–H and O–H groups in total. The van der Waals surface area contributed by atoms with Crippen LogP contribution in [0, 0.1) is 0 Å². The van der Waals surface area contributed by atoms with Gasteiger partial charge in [0.1, 0.15) is 24.1 Å². The van der Waals surface area contributed by atoms with E-state index in [0.29, 0.717) is 0 Å². The monoisotopic (exact) mass is 277 g/mol. The van der Waals surface area contributed by atoms with Gasteiger partial charge in [0, 0.05) is 6.20 Å². The van der Waals surface area contributed by atoms with Crippen LogP contribution in [0.3, 0.4) is 0 Å². The molecule has 7 nitrogen and oxygen atoms in total. The molecule has 0 amide bonds. The molecule has 1 aliphatic heterocycles. The molecule has 9 heteroatoms. The third-order valence-electron chi connectivity index (χ3n) is 2.95. The average molecular weight is 277 g/mol. The number of aromatic nitrogens is 2. The van der Waals surface area contributed by atoms with Gasteiger partial charge in [-0.15, -0.1) is 0 Å². The molecular formula is C10H13F2N3O4. The summed E-state index contributed by atoms with van der Waals surface area (Å²) in [5.41, 5.74) is 4.49. The van der Waals surface area contributed by atoms with Crippen molar-refractivity contribution in [1.82, 2.24) is 9.55 Å². The molecule has 3 atom stereocenters. The highest BCUT2D eigenvalue weighted by molar-refractivity contribution is 5.23. The topological polar surface area (TPSA) is 111 Å². The number of rotatable bonds is 3. The minimum atomic E-state index is -3.56. The molecule has 2 rings (SSSR count). The highest BCUT2D eigenvalue weighted by Crippen LogP contribution is 2.36. The predicted octanol–water partition coefficient (Wildman–Crippen LogP) is -1.42. The zero-order valence-corrected chi connectivity index (χ0v) is 9.74. The molecule has 19 heavy (non-hydrogen) atoms. The second kappa shape index (κ2) is 4.83. The molecule has 1 aliphatic rings. The molecule has 0 unspecified atom stereocenters. The van der Waals surface area contributed by atoms with Gasteiger partial charge in [0.25, 0.3) is 0 Å². The molecule has 0 saturated carbocycles. The summed E-state index contributed by atoms with van der Waals surface area (Å²) in [7, 11) is 0. The van der Waals surface area contributed by atoms with Gasteiger partial charge in [0.15, 0.2) is 0 Å². The zero-order valence-electron chi connectivity index (χ0n) is 9.74. The summed E-state index contributed by atoms with van der Waals surface area (Å²) < 4.78 is 33.1. The van der Waals surface area contributed by atoms with E-state index in [1.54, 1.807) is 0 Å². The Morgan fingerprint density at radius 1 is 1.58 bits per heavy atom. The Hall–Kier alpha value is -1.58. The van der Waals surface area contributed by atoms with Crippen molar-refractivity contribution in [3.8, 4) is 0 Å². The second-order valence-corrected chi connectivity index (χ2v) is 4.25. The van der Waals surface area contributed by atoms with Crippen molar-refractivity contribution in [2.24, 2.45) is 0 Å². The lowest BCUT2D eigenvalue weighted by atomic mass is 10.1. The maximum absolute atomic E-state index is 13.7. The summed E-state index contributed by atoms with van der Waals surface area (Å²) in [4.78, 5) is 14.8. The molecule has 1 aromatic heterocycles. The first-order chi connectivity index (χ1) is 8.86. The molecule has 2 heterocycles. The van der Waals surface area contributed by atoms with E-state index in [1.165, 1.54) is 12.3 Å². The summed E-state index contributed by atoms with van der Waals surface area (Å²) in [6, 6.07) is 1.29. The molecular weight excluding hydrogens is 264 g/mol. The standard InChI is InChI=1S/C10H13F2N3O4/c11-10(12)6(19-5(4-16)8(10)17)3-15-2-1-7(13)14-9(15)18/h1-2,5-6,8,16-17H,3-4H2,(H2,13,14,18)/t5-,6+,8-/m1/s1. The summed E-state index contributed by atoms with van der Waals surface area (Å²) in [5.74, 6) is -3.58. The van der Waals surface area contributed by atoms with Gasteiger partial charge < -0.3 is 20.7 Å². The van der Waals surface area contributed by atoms with E-state index in [4.69, 9.17) is 15.6 Å². The Labute approximate surface area is 106 Å². The summed E-state index contributed by atoms with van der Waals surface area (Å²) in [6.45, 7) is -1.23. The van der Waals surface area contributed by atoms with Crippen molar-refractivity contribution in [3.63, 3.8) is 0 Å². The van der Waals surface area contributed by atoms with Crippen molar-refractivity contribution in [2.45, 2.75) is 30.8 Å². The molecule has 0 spiro atoms. The molecule has 1 saturated heterocycles. The number of hydrogen-bond donors (Lipinski definition) is 3. The van der Waals surface area contributed by atoms with Crippen molar-refractivity contribution >= 4 is 5.82 Å². The molecule has 0 aliphatic carbocycles. The SMILES string of the molecule is Nc1ccn(C[C@@H]2O[C@H](CO)[C@@H](O)C2(F)F)c(=O)n1. The number of aliphatic hydroxyl groups excluding tert-OH is 2. The molecule has 0 bridgehead atoms. The number of nitrogens with zero attached hydrogens (tertiary/aromatic N) is 2.